The number of para-hydroxylation sites is 1. The summed E-state index contributed by atoms with van der Waals surface area (Å²) >= 11 is 1.31. The van der Waals surface area contributed by atoms with Crippen LogP contribution in [0.25, 0.3) is 10.2 Å². The van der Waals surface area contributed by atoms with Crippen molar-refractivity contribution >= 4 is 50.6 Å². The van der Waals surface area contributed by atoms with Gasteiger partial charge >= 0.3 is 6.03 Å². The molecule has 2 atom stereocenters. The number of nitrogens with one attached hydrogen (secondary N) is 2. The van der Waals surface area contributed by atoms with Gasteiger partial charge in [-0.2, -0.15) is 0 Å². The van der Waals surface area contributed by atoms with Crippen LogP contribution in [0.15, 0.2) is 66.9 Å². The summed E-state index contributed by atoms with van der Waals surface area (Å²) in [7, 11) is 0. The van der Waals surface area contributed by atoms with Crippen LogP contribution in [0.2, 0.25) is 0 Å². The highest BCUT2D eigenvalue weighted by atomic mass is 32.1. The highest BCUT2D eigenvalue weighted by Gasteiger charge is 2.34. The number of urea groups is 1. The molecule has 1 fully saturated rings. The molecule has 1 saturated carbocycles. The topological polar surface area (TPSA) is 83.6 Å². The summed E-state index contributed by atoms with van der Waals surface area (Å²) in [4.78, 5) is 33.8. The van der Waals surface area contributed by atoms with Gasteiger partial charge in [0.25, 0.3) is 5.91 Å². The number of hydrogen-bond donors (Lipinski definition) is 2. The summed E-state index contributed by atoms with van der Waals surface area (Å²) in [5.74, 6) is 1.72. The van der Waals surface area contributed by atoms with Gasteiger partial charge in [0, 0.05) is 12.2 Å². The van der Waals surface area contributed by atoms with E-state index in [2.05, 4.69) is 22.5 Å². The fourth-order valence-corrected chi connectivity index (χ4v) is 5.90. The molecule has 176 valence electrons. The summed E-state index contributed by atoms with van der Waals surface area (Å²) in [6, 6.07) is 18.6. The van der Waals surface area contributed by atoms with Crippen molar-refractivity contribution in [2.24, 2.45) is 5.92 Å². The molecule has 1 aliphatic carbocycles. The first-order chi connectivity index (χ1) is 17.1. The number of hydrogen-bond acceptors (Lipinski definition) is 5. The molecule has 2 aromatic carbocycles. The van der Waals surface area contributed by atoms with E-state index in [1.54, 1.807) is 11.1 Å². The maximum atomic E-state index is 13.3. The Morgan fingerprint density at radius 1 is 1.09 bits per heavy atom. The van der Waals surface area contributed by atoms with Crippen LogP contribution in [-0.4, -0.2) is 23.0 Å². The van der Waals surface area contributed by atoms with E-state index in [9.17, 15) is 9.59 Å². The van der Waals surface area contributed by atoms with Gasteiger partial charge < -0.3 is 15.4 Å². The Bertz CT molecular complexity index is 1420. The first kappa shape index (κ1) is 21.6. The van der Waals surface area contributed by atoms with Crippen molar-refractivity contribution in [2.45, 2.75) is 32.2 Å². The van der Waals surface area contributed by atoms with Crippen molar-refractivity contribution in [3.63, 3.8) is 0 Å². The molecule has 2 aromatic heterocycles. The van der Waals surface area contributed by atoms with Crippen LogP contribution in [0.3, 0.4) is 0 Å². The minimum atomic E-state index is -0.316. The zero-order chi connectivity index (χ0) is 23.9. The van der Waals surface area contributed by atoms with Gasteiger partial charge in [0.15, 0.2) is 0 Å². The largest absolute Gasteiger partial charge is 0.457 e. The van der Waals surface area contributed by atoms with Crippen molar-refractivity contribution in [1.29, 1.82) is 0 Å². The van der Waals surface area contributed by atoms with Crippen LogP contribution in [-0.2, 0) is 0 Å². The monoisotopic (exact) mass is 484 g/mol. The fourth-order valence-electron chi connectivity index (χ4n) is 4.88. The standard InChI is InChI=1S/C27H24N4O3S/c1-16-6-5-9-20(16)29-25(32)24-23-22-21(14-15-28-26(22)35-24)31(27(33)30-23)17-10-12-19(13-11-17)34-18-7-3-2-4-8-18/h2-4,7-8,10-16,20H,5-6,9H2,1H3,(H,29,32)(H,30,33)/t16-,20?/m0/s1. The molecule has 1 aliphatic heterocycles. The van der Waals surface area contributed by atoms with Crippen molar-refractivity contribution in [3.05, 3.63) is 71.7 Å². The van der Waals surface area contributed by atoms with Crippen LogP contribution in [0.4, 0.5) is 21.9 Å². The molecule has 35 heavy (non-hydrogen) atoms. The molecule has 0 radical (unpaired) electrons. The van der Waals surface area contributed by atoms with Crippen molar-refractivity contribution in [2.75, 3.05) is 10.2 Å². The Morgan fingerprint density at radius 2 is 1.86 bits per heavy atom. The van der Waals surface area contributed by atoms with Gasteiger partial charge in [-0.1, -0.05) is 31.5 Å². The van der Waals surface area contributed by atoms with Gasteiger partial charge in [0.1, 0.15) is 21.2 Å². The maximum absolute atomic E-state index is 13.3. The molecule has 0 saturated heterocycles. The van der Waals surface area contributed by atoms with Gasteiger partial charge in [-0.15, -0.1) is 11.3 Å². The minimum absolute atomic E-state index is 0.149. The molecule has 0 bridgehead atoms. The number of thiophene rings is 1. The average Bonchev–Trinajstić information content (AvgIpc) is 3.44. The lowest BCUT2D eigenvalue weighted by atomic mass is 10.1. The molecule has 3 amide bonds. The summed E-state index contributed by atoms with van der Waals surface area (Å²) in [5.41, 5.74) is 1.94. The van der Waals surface area contributed by atoms with Gasteiger partial charge in [0.2, 0.25) is 0 Å². The summed E-state index contributed by atoms with van der Waals surface area (Å²) in [6.45, 7) is 2.17. The van der Waals surface area contributed by atoms with Crippen molar-refractivity contribution < 1.29 is 14.3 Å². The molecule has 2 aliphatic rings. The quantitative estimate of drug-likeness (QED) is 0.331. The van der Waals surface area contributed by atoms with Crippen LogP contribution in [0.5, 0.6) is 11.5 Å². The first-order valence-corrected chi connectivity index (χ1v) is 12.6. The number of rotatable bonds is 5. The summed E-state index contributed by atoms with van der Waals surface area (Å²) in [5, 5.41) is 6.91. The van der Waals surface area contributed by atoms with E-state index in [0.717, 1.165) is 35.2 Å². The van der Waals surface area contributed by atoms with Crippen LogP contribution in [0.1, 0.15) is 35.9 Å². The fraction of sp³-hybridized carbons (Fsp3) is 0.222. The Morgan fingerprint density at radius 3 is 2.60 bits per heavy atom. The van der Waals surface area contributed by atoms with E-state index >= 15 is 0 Å². The second-order valence-corrected chi connectivity index (χ2v) is 9.98. The molecular formula is C27H24N4O3S. The van der Waals surface area contributed by atoms with Gasteiger partial charge in [-0.3, -0.25) is 9.69 Å². The molecule has 1 unspecified atom stereocenters. The molecular weight excluding hydrogens is 460 g/mol. The number of aromatic nitrogens is 1. The molecule has 2 N–H and O–H groups in total. The lowest BCUT2D eigenvalue weighted by molar-refractivity contribution is 0.0934. The third-order valence-corrected chi connectivity index (χ3v) is 7.80. The zero-order valence-electron chi connectivity index (χ0n) is 19.2. The normalized spacial score (nSPS) is 19.0. The highest BCUT2D eigenvalue weighted by Crippen LogP contribution is 2.46. The second kappa shape index (κ2) is 8.70. The Balaban J connectivity index is 1.32. The Labute approximate surface area is 206 Å². The summed E-state index contributed by atoms with van der Waals surface area (Å²) < 4.78 is 5.88. The number of anilines is 3. The molecule has 6 rings (SSSR count). The minimum Gasteiger partial charge on any atom is -0.457 e. The van der Waals surface area contributed by atoms with Gasteiger partial charge in [0.05, 0.1) is 22.4 Å². The number of pyridine rings is 1. The smallest absolute Gasteiger partial charge is 0.331 e. The Hall–Kier alpha value is -3.91. The highest BCUT2D eigenvalue weighted by molar-refractivity contribution is 7.21. The zero-order valence-corrected chi connectivity index (χ0v) is 20.0. The Kier molecular flexibility index (Phi) is 5.37. The van der Waals surface area contributed by atoms with Crippen LogP contribution < -0.4 is 20.3 Å². The van der Waals surface area contributed by atoms with E-state index in [1.807, 2.05) is 60.7 Å². The number of ether oxygens (including phenoxy) is 1. The number of carbonyl (C=O) groups excluding carboxylic acids is 2. The SMILES string of the molecule is C[C@H]1CCCC1NC(=O)c1sc2nccc3c2c1NC(=O)N3c1ccc(Oc2ccccc2)cc1. The maximum Gasteiger partial charge on any atom is 0.331 e. The summed E-state index contributed by atoms with van der Waals surface area (Å²) in [6.07, 6.45) is 4.91. The van der Waals surface area contributed by atoms with Crippen molar-refractivity contribution in [3.8, 4) is 11.5 Å². The average molecular weight is 485 g/mol. The van der Waals surface area contributed by atoms with Gasteiger partial charge in [-0.05, 0) is 61.2 Å². The predicted molar refractivity (Wildman–Crippen MR) is 138 cm³/mol. The first-order valence-electron chi connectivity index (χ1n) is 11.7. The van der Waals surface area contributed by atoms with E-state index in [4.69, 9.17) is 4.74 Å². The van der Waals surface area contributed by atoms with Gasteiger partial charge in [-0.25, -0.2) is 9.78 Å². The van der Waals surface area contributed by atoms with E-state index in [-0.39, 0.29) is 18.0 Å². The second-order valence-electron chi connectivity index (χ2n) is 8.98. The third-order valence-electron chi connectivity index (χ3n) is 6.70. The molecule has 8 heteroatoms. The molecule has 0 spiro atoms. The lowest BCUT2D eigenvalue weighted by Crippen LogP contribution is -2.37. The number of amides is 3. The lowest BCUT2D eigenvalue weighted by Gasteiger charge is -2.28. The number of carbonyl (C=O) groups is 2. The van der Waals surface area contributed by atoms with E-state index in [1.165, 1.54) is 11.3 Å². The van der Waals surface area contributed by atoms with E-state index in [0.29, 0.717) is 33.6 Å². The van der Waals surface area contributed by atoms with Crippen LogP contribution in [0, 0.1) is 5.92 Å². The molecule has 3 heterocycles. The predicted octanol–water partition coefficient (Wildman–Crippen LogP) is 6.69. The van der Waals surface area contributed by atoms with Crippen molar-refractivity contribution in [1.82, 2.24) is 10.3 Å². The number of benzene rings is 2. The molecule has 7 nitrogen and oxygen atoms in total. The van der Waals surface area contributed by atoms with Crippen LogP contribution >= 0.6 is 11.3 Å². The van der Waals surface area contributed by atoms with E-state index < -0.39 is 0 Å². The molecule has 4 aromatic rings. The number of nitrogens with zero attached hydrogens (tertiary/aromatic N) is 2. The third kappa shape index (κ3) is 3.89.